The number of hydrogen-bond donors (Lipinski definition) is 5. The van der Waals surface area contributed by atoms with Crippen molar-refractivity contribution in [1.29, 1.82) is 0 Å². The third-order valence-corrected chi connectivity index (χ3v) is 9.98. The van der Waals surface area contributed by atoms with Crippen LogP contribution in [0.5, 0.6) is 34.9 Å². The molecule has 5 aromatic heterocycles. The zero-order valence-corrected chi connectivity index (χ0v) is 40.0. The number of benzene rings is 4. The van der Waals surface area contributed by atoms with Crippen molar-refractivity contribution in [2.75, 3.05) is 22.5 Å². The second kappa shape index (κ2) is 26.1. The largest absolute Gasteiger partial charge is 0.477 e. The lowest BCUT2D eigenvalue weighted by Crippen LogP contribution is -2.27. The second-order valence-electron chi connectivity index (χ2n) is 16.1. The number of rotatable bonds is 17. The summed E-state index contributed by atoms with van der Waals surface area (Å²) in [5.74, 6) is 2.94. The molecule has 0 bridgehead atoms. The van der Waals surface area contributed by atoms with Crippen LogP contribution in [0.25, 0.3) is 0 Å². The smallest absolute Gasteiger partial charge is 0.341 e. The molecule has 0 saturated carbocycles. The van der Waals surface area contributed by atoms with Crippen molar-refractivity contribution in [2.24, 2.45) is 5.92 Å². The molecular formula is C57H51N9O7. The summed E-state index contributed by atoms with van der Waals surface area (Å²) in [5.41, 5.74) is 4.57. The SMILES string of the molecule is CC(=O)c1cccnc1Oc1ccc(Nc2ccccn2)cc1.CC(C)CNC(=O)c1cccnc1Oc1ccc(Nc2ccccn2)cc1.O=C(O)c1cccnc1Oc1ccc(Nc2ccccc2)cc1. The van der Waals surface area contributed by atoms with Gasteiger partial charge in [0, 0.05) is 60.3 Å². The number of pyridine rings is 5. The van der Waals surface area contributed by atoms with Crippen LogP contribution in [0.3, 0.4) is 0 Å². The topological polar surface area (TPSA) is 212 Å². The van der Waals surface area contributed by atoms with Gasteiger partial charge in [-0.1, -0.05) is 44.2 Å². The highest BCUT2D eigenvalue weighted by atomic mass is 16.5. The Morgan fingerprint density at radius 1 is 0.438 bits per heavy atom. The number of ether oxygens (including phenoxy) is 3. The first kappa shape index (κ1) is 50.9. The summed E-state index contributed by atoms with van der Waals surface area (Å²) in [6.07, 6.45) is 8.15. The number of anilines is 6. The Hall–Kier alpha value is -9.96. The Kier molecular flexibility index (Phi) is 18.2. The van der Waals surface area contributed by atoms with Crippen LogP contribution in [-0.4, -0.2) is 54.2 Å². The van der Waals surface area contributed by atoms with Crippen LogP contribution < -0.4 is 35.5 Å². The van der Waals surface area contributed by atoms with E-state index >= 15 is 0 Å². The molecule has 73 heavy (non-hydrogen) atoms. The third-order valence-electron chi connectivity index (χ3n) is 9.98. The molecule has 0 saturated heterocycles. The molecule has 1 amide bonds. The molecule has 0 aliphatic rings. The first-order chi connectivity index (χ1) is 35.6. The average molecular weight is 974 g/mol. The summed E-state index contributed by atoms with van der Waals surface area (Å²) in [4.78, 5) is 55.8. The number of carbonyl (C=O) groups excluding carboxylic acids is 2. The van der Waals surface area contributed by atoms with Crippen LogP contribution in [-0.2, 0) is 0 Å². The minimum absolute atomic E-state index is 0.0268. The van der Waals surface area contributed by atoms with Gasteiger partial charge in [0.15, 0.2) is 5.78 Å². The Labute approximate surface area is 422 Å². The molecule has 5 heterocycles. The molecule has 0 spiro atoms. The number of hydrogen-bond acceptors (Lipinski definition) is 14. The molecule has 9 aromatic rings. The Morgan fingerprint density at radius 2 is 0.822 bits per heavy atom. The first-order valence-corrected chi connectivity index (χ1v) is 23.0. The number of carbonyl (C=O) groups is 3. The third kappa shape index (κ3) is 16.1. The average Bonchev–Trinajstić information content (AvgIpc) is 3.41. The van der Waals surface area contributed by atoms with Gasteiger partial charge < -0.3 is 40.6 Å². The summed E-state index contributed by atoms with van der Waals surface area (Å²) in [5, 5.41) is 21.7. The van der Waals surface area contributed by atoms with E-state index in [0.29, 0.717) is 46.7 Å². The van der Waals surface area contributed by atoms with Gasteiger partial charge in [-0.15, -0.1) is 0 Å². The standard InChI is InChI=1S/C21H22N4O2.C18H15N3O2.C18H14N2O3/c1-15(2)14-24-20(26)18-6-5-13-23-21(18)27-17-10-8-16(9-11-17)25-19-7-3-4-12-22-19;1-13(22)16-5-4-12-20-18(16)23-15-9-7-14(8-10-15)21-17-6-2-3-11-19-17;21-18(22)16-7-4-12-19-17(16)23-15-10-8-14(9-11-15)20-13-5-2-1-3-6-13/h3-13,15H,14H2,1-2H3,(H,22,25)(H,24,26);2-12H,1H3,(H,19,21);1-12,20H,(H,21,22). The molecule has 16 heteroatoms. The van der Waals surface area contributed by atoms with E-state index in [1.54, 1.807) is 67.3 Å². The molecule has 0 unspecified atom stereocenters. The number of nitrogens with zero attached hydrogens (tertiary/aromatic N) is 5. The fourth-order valence-corrected chi connectivity index (χ4v) is 6.42. The normalized spacial score (nSPS) is 10.2. The molecule has 0 aliphatic carbocycles. The molecule has 0 radical (unpaired) electrons. The number of aromatic nitrogens is 5. The fraction of sp³-hybridized carbons (Fsp3) is 0.0877. The van der Waals surface area contributed by atoms with E-state index in [0.717, 1.165) is 34.4 Å². The Bertz CT molecular complexity index is 3030. The van der Waals surface area contributed by atoms with E-state index in [-0.39, 0.29) is 29.0 Å². The summed E-state index contributed by atoms with van der Waals surface area (Å²) >= 11 is 0. The molecule has 4 aromatic carbocycles. The number of para-hydroxylation sites is 1. The van der Waals surface area contributed by atoms with Crippen molar-refractivity contribution >= 4 is 52.0 Å². The highest BCUT2D eigenvalue weighted by molar-refractivity contribution is 5.97. The van der Waals surface area contributed by atoms with Crippen LogP contribution in [0, 0.1) is 5.92 Å². The van der Waals surface area contributed by atoms with E-state index < -0.39 is 5.97 Å². The maximum Gasteiger partial charge on any atom is 0.341 e. The molecule has 0 fully saturated rings. The van der Waals surface area contributed by atoms with Gasteiger partial charge >= 0.3 is 5.97 Å². The molecule has 9 rings (SSSR count). The highest BCUT2D eigenvalue weighted by Gasteiger charge is 2.16. The van der Waals surface area contributed by atoms with Gasteiger partial charge in [-0.05, 0) is 158 Å². The number of nitrogens with one attached hydrogen (secondary N) is 4. The lowest BCUT2D eigenvalue weighted by atomic mass is 10.2. The lowest BCUT2D eigenvalue weighted by molar-refractivity contribution is 0.0692. The van der Waals surface area contributed by atoms with E-state index in [4.69, 9.17) is 19.3 Å². The van der Waals surface area contributed by atoms with E-state index in [9.17, 15) is 14.4 Å². The number of Topliss-reactive ketones (excluding diaryl/α,β-unsaturated/α-hetero) is 1. The molecule has 5 N–H and O–H groups in total. The Balaban J connectivity index is 0.000000161. The van der Waals surface area contributed by atoms with Crippen LogP contribution in [0.4, 0.5) is 34.4 Å². The van der Waals surface area contributed by atoms with Crippen LogP contribution >= 0.6 is 0 Å². The summed E-state index contributed by atoms with van der Waals surface area (Å²) < 4.78 is 17.1. The van der Waals surface area contributed by atoms with Gasteiger partial charge in [0.25, 0.3) is 5.91 Å². The number of amides is 1. The zero-order chi connectivity index (χ0) is 51.2. The molecular weight excluding hydrogens is 923 g/mol. The van der Waals surface area contributed by atoms with Gasteiger partial charge in [-0.25, -0.2) is 29.7 Å². The van der Waals surface area contributed by atoms with Crippen LogP contribution in [0.2, 0.25) is 0 Å². The number of carboxylic acid groups (broad SMARTS) is 1. The van der Waals surface area contributed by atoms with Crippen molar-refractivity contribution in [3.8, 4) is 34.9 Å². The predicted octanol–water partition coefficient (Wildman–Crippen LogP) is 12.9. The molecule has 0 atom stereocenters. The van der Waals surface area contributed by atoms with Gasteiger partial charge in [0.05, 0.1) is 5.56 Å². The summed E-state index contributed by atoms with van der Waals surface area (Å²) in [7, 11) is 0. The number of carboxylic acids is 1. The Morgan fingerprint density at radius 3 is 1.25 bits per heavy atom. The highest BCUT2D eigenvalue weighted by Crippen LogP contribution is 2.28. The molecule has 16 nitrogen and oxygen atoms in total. The van der Waals surface area contributed by atoms with E-state index in [1.165, 1.54) is 19.2 Å². The van der Waals surface area contributed by atoms with Gasteiger partial charge in [0.2, 0.25) is 17.6 Å². The summed E-state index contributed by atoms with van der Waals surface area (Å²) in [6.45, 7) is 6.17. The van der Waals surface area contributed by atoms with Gasteiger partial charge in [0.1, 0.15) is 40.0 Å². The minimum Gasteiger partial charge on any atom is -0.477 e. The number of ketones is 1. The lowest BCUT2D eigenvalue weighted by Gasteiger charge is -2.12. The van der Waals surface area contributed by atoms with Crippen LogP contribution in [0.1, 0.15) is 51.8 Å². The molecule has 0 aliphatic heterocycles. The zero-order valence-electron chi connectivity index (χ0n) is 40.0. The maximum absolute atomic E-state index is 12.4. The monoisotopic (exact) mass is 973 g/mol. The maximum atomic E-state index is 12.4. The fourth-order valence-electron chi connectivity index (χ4n) is 6.42. The summed E-state index contributed by atoms with van der Waals surface area (Å²) in [6, 6.07) is 53.0. The predicted molar refractivity (Wildman–Crippen MR) is 281 cm³/mol. The number of aromatic carboxylic acids is 1. The van der Waals surface area contributed by atoms with Gasteiger partial charge in [-0.2, -0.15) is 0 Å². The van der Waals surface area contributed by atoms with E-state index in [1.807, 2.05) is 141 Å². The van der Waals surface area contributed by atoms with Gasteiger partial charge in [-0.3, -0.25) is 9.59 Å². The first-order valence-electron chi connectivity index (χ1n) is 23.0. The van der Waals surface area contributed by atoms with E-state index in [2.05, 4.69) is 46.2 Å². The second-order valence-corrected chi connectivity index (χ2v) is 16.1. The van der Waals surface area contributed by atoms with Crippen molar-refractivity contribution < 1.29 is 33.7 Å². The van der Waals surface area contributed by atoms with Crippen molar-refractivity contribution in [3.63, 3.8) is 0 Å². The minimum atomic E-state index is -1.07. The van der Waals surface area contributed by atoms with Crippen molar-refractivity contribution in [1.82, 2.24) is 30.2 Å². The van der Waals surface area contributed by atoms with Crippen molar-refractivity contribution in [3.05, 3.63) is 224 Å². The van der Waals surface area contributed by atoms with Crippen molar-refractivity contribution in [2.45, 2.75) is 20.8 Å². The van der Waals surface area contributed by atoms with Crippen LogP contribution in [0.15, 0.2) is 207 Å². The molecule has 366 valence electrons. The quantitative estimate of drug-likeness (QED) is 0.0537.